The summed E-state index contributed by atoms with van der Waals surface area (Å²) in [5.41, 5.74) is 0.330. The first-order valence-electron chi connectivity index (χ1n) is 9.16. The Balaban J connectivity index is 1.68. The highest BCUT2D eigenvalue weighted by atomic mass is 79.9. The van der Waals surface area contributed by atoms with Gasteiger partial charge in [-0.3, -0.25) is 9.59 Å². The number of benzene rings is 3. The van der Waals surface area contributed by atoms with Crippen molar-refractivity contribution in [3.8, 4) is 5.75 Å². The van der Waals surface area contributed by atoms with E-state index in [2.05, 4.69) is 26.6 Å². The van der Waals surface area contributed by atoms with E-state index in [0.717, 1.165) is 4.47 Å². The highest BCUT2D eigenvalue weighted by Gasteiger charge is 2.30. The van der Waals surface area contributed by atoms with Crippen molar-refractivity contribution >= 4 is 50.7 Å². The van der Waals surface area contributed by atoms with Crippen LogP contribution < -0.4 is 15.4 Å². The van der Waals surface area contributed by atoms with Crippen LogP contribution in [-0.4, -0.2) is 17.4 Å². The Kier molecular flexibility index (Phi) is 6.80. The molecule has 0 aliphatic rings. The highest BCUT2D eigenvalue weighted by molar-refractivity contribution is 9.10. The monoisotopic (exact) mass is 486 g/mol. The van der Waals surface area contributed by atoms with Gasteiger partial charge in [0, 0.05) is 15.8 Å². The number of nitrogens with one attached hydrogen (secondary N) is 2. The van der Waals surface area contributed by atoms with Crippen LogP contribution in [0, 0.1) is 0 Å². The van der Waals surface area contributed by atoms with Crippen molar-refractivity contribution in [2.24, 2.45) is 0 Å². The second-order valence-electron chi connectivity index (χ2n) is 7.04. The van der Waals surface area contributed by atoms with Gasteiger partial charge in [0.25, 0.3) is 11.8 Å². The van der Waals surface area contributed by atoms with Crippen LogP contribution in [0.15, 0.2) is 77.3 Å². The summed E-state index contributed by atoms with van der Waals surface area (Å²) in [6.07, 6.45) is 0. The summed E-state index contributed by atoms with van der Waals surface area (Å²) in [5, 5.41) is 5.98. The van der Waals surface area contributed by atoms with E-state index >= 15 is 0 Å². The average molecular weight is 488 g/mol. The van der Waals surface area contributed by atoms with Crippen LogP contribution in [-0.2, 0) is 4.79 Å². The molecule has 0 unspecified atom stereocenters. The van der Waals surface area contributed by atoms with Gasteiger partial charge in [-0.15, -0.1) is 0 Å². The molecule has 0 radical (unpaired) electrons. The maximum atomic E-state index is 12.8. The van der Waals surface area contributed by atoms with Crippen molar-refractivity contribution in [1.82, 2.24) is 0 Å². The first-order chi connectivity index (χ1) is 14.2. The van der Waals surface area contributed by atoms with E-state index in [4.69, 9.17) is 16.3 Å². The molecule has 7 heteroatoms. The molecule has 2 amide bonds. The number of ether oxygens (including phenoxy) is 1. The summed E-state index contributed by atoms with van der Waals surface area (Å²) >= 11 is 9.45. The molecule has 0 saturated heterocycles. The zero-order valence-electron chi connectivity index (χ0n) is 16.4. The number of hydrogen-bond acceptors (Lipinski definition) is 3. The lowest BCUT2D eigenvalue weighted by Gasteiger charge is -2.25. The fourth-order valence-corrected chi connectivity index (χ4v) is 3.13. The Bertz CT molecular complexity index is 1070. The van der Waals surface area contributed by atoms with Crippen LogP contribution in [0.5, 0.6) is 5.75 Å². The molecule has 154 valence electrons. The number of rotatable bonds is 6. The van der Waals surface area contributed by atoms with Crippen LogP contribution in [0.3, 0.4) is 0 Å². The fourth-order valence-electron chi connectivity index (χ4n) is 2.64. The van der Waals surface area contributed by atoms with Gasteiger partial charge in [0.05, 0.1) is 10.6 Å². The molecule has 2 N–H and O–H groups in total. The van der Waals surface area contributed by atoms with Gasteiger partial charge in [-0.2, -0.15) is 0 Å². The Morgan fingerprint density at radius 2 is 1.53 bits per heavy atom. The van der Waals surface area contributed by atoms with E-state index in [1.807, 2.05) is 12.1 Å². The van der Waals surface area contributed by atoms with Crippen molar-refractivity contribution in [1.29, 1.82) is 0 Å². The number of carbonyl (C=O) groups is 2. The number of amides is 2. The molecule has 3 aromatic rings. The molecular weight excluding hydrogens is 468 g/mol. The van der Waals surface area contributed by atoms with E-state index in [1.54, 1.807) is 74.5 Å². The molecule has 0 aliphatic heterocycles. The lowest BCUT2D eigenvalue weighted by Crippen LogP contribution is -2.42. The molecule has 0 fully saturated rings. The van der Waals surface area contributed by atoms with Crippen LogP contribution in [0.25, 0.3) is 0 Å². The lowest BCUT2D eigenvalue weighted by molar-refractivity contribution is -0.128. The maximum Gasteiger partial charge on any atom is 0.267 e. The van der Waals surface area contributed by atoms with Gasteiger partial charge < -0.3 is 15.4 Å². The SMILES string of the molecule is CC(C)(Oc1ccc(Br)cc1)C(=O)Nc1cccc(NC(=O)c2ccccc2Cl)c1. The second-order valence-corrected chi connectivity index (χ2v) is 8.36. The number of halogens is 2. The largest absolute Gasteiger partial charge is 0.478 e. The van der Waals surface area contributed by atoms with Crippen LogP contribution >= 0.6 is 27.5 Å². The molecule has 5 nitrogen and oxygen atoms in total. The number of hydrogen-bond donors (Lipinski definition) is 2. The van der Waals surface area contributed by atoms with E-state index in [0.29, 0.717) is 27.7 Å². The Labute approximate surface area is 188 Å². The summed E-state index contributed by atoms with van der Waals surface area (Å²) in [7, 11) is 0. The summed E-state index contributed by atoms with van der Waals surface area (Å²) < 4.78 is 6.76. The molecule has 0 aliphatic carbocycles. The lowest BCUT2D eigenvalue weighted by atomic mass is 10.1. The zero-order valence-corrected chi connectivity index (χ0v) is 18.8. The standard InChI is InChI=1S/C23H20BrClN2O3/c1-23(2,30-18-12-10-15(24)11-13-18)22(29)27-17-7-5-6-16(14-17)26-21(28)19-8-3-4-9-20(19)25/h3-14H,1-2H3,(H,26,28)(H,27,29). The van der Waals surface area contributed by atoms with Crippen LogP contribution in [0.4, 0.5) is 11.4 Å². The van der Waals surface area contributed by atoms with Gasteiger partial charge in [-0.05, 0) is 68.4 Å². The Morgan fingerprint density at radius 1 is 0.900 bits per heavy atom. The van der Waals surface area contributed by atoms with E-state index < -0.39 is 5.60 Å². The molecule has 30 heavy (non-hydrogen) atoms. The first kappa shape index (κ1) is 21.9. The van der Waals surface area contributed by atoms with Crippen molar-refractivity contribution in [2.75, 3.05) is 10.6 Å². The molecule has 0 spiro atoms. The third-order valence-corrected chi connectivity index (χ3v) is 5.09. The minimum atomic E-state index is -1.11. The van der Waals surface area contributed by atoms with E-state index in [-0.39, 0.29) is 11.8 Å². The van der Waals surface area contributed by atoms with Gasteiger partial charge in [0.1, 0.15) is 5.75 Å². The van der Waals surface area contributed by atoms with Gasteiger partial charge in [0.15, 0.2) is 5.60 Å². The third kappa shape index (κ3) is 5.62. The minimum absolute atomic E-state index is 0.319. The van der Waals surface area contributed by atoms with Crippen LogP contribution in [0.1, 0.15) is 24.2 Å². The number of anilines is 2. The zero-order chi connectivity index (χ0) is 21.7. The fraction of sp³-hybridized carbons (Fsp3) is 0.130. The van der Waals surface area contributed by atoms with Crippen molar-refractivity contribution < 1.29 is 14.3 Å². The summed E-state index contributed by atoms with van der Waals surface area (Å²) in [5.74, 6) is -0.0675. The van der Waals surface area contributed by atoms with Crippen molar-refractivity contribution in [2.45, 2.75) is 19.4 Å². The van der Waals surface area contributed by atoms with Crippen molar-refractivity contribution in [3.63, 3.8) is 0 Å². The molecular formula is C23H20BrClN2O3. The van der Waals surface area contributed by atoms with E-state index in [9.17, 15) is 9.59 Å². The minimum Gasteiger partial charge on any atom is -0.478 e. The Hall–Kier alpha value is -2.83. The number of carbonyl (C=O) groups excluding carboxylic acids is 2. The summed E-state index contributed by atoms with van der Waals surface area (Å²) in [6.45, 7) is 3.38. The smallest absolute Gasteiger partial charge is 0.267 e. The van der Waals surface area contributed by atoms with Gasteiger partial charge in [-0.1, -0.05) is 45.7 Å². The maximum absolute atomic E-state index is 12.8. The van der Waals surface area contributed by atoms with Gasteiger partial charge >= 0.3 is 0 Å². The highest BCUT2D eigenvalue weighted by Crippen LogP contribution is 2.24. The molecule has 0 aromatic heterocycles. The van der Waals surface area contributed by atoms with E-state index in [1.165, 1.54) is 0 Å². The predicted octanol–water partition coefficient (Wildman–Crippen LogP) is 6.15. The molecule has 3 aromatic carbocycles. The quantitative estimate of drug-likeness (QED) is 0.438. The molecule has 0 bridgehead atoms. The topological polar surface area (TPSA) is 67.4 Å². The van der Waals surface area contributed by atoms with Crippen molar-refractivity contribution in [3.05, 3.63) is 87.9 Å². The summed E-state index contributed by atoms with van der Waals surface area (Å²) in [6, 6.07) is 20.9. The van der Waals surface area contributed by atoms with Crippen LogP contribution in [0.2, 0.25) is 5.02 Å². The third-order valence-electron chi connectivity index (χ3n) is 4.23. The first-order valence-corrected chi connectivity index (χ1v) is 10.3. The Morgan fingerprint density at radius 3 is 2.20 bits per heavy atom. The predicted molar refractivity (Wildman–Crippen MR) is 123 cm³/mol. The average Bonchev–Trinajstić information content (AvgIpc) is 2.70. The second kappa shape index (κ2) is 9.32. The molecule has 0 saturated carbocycles. The van der Waals surface area contributed by atoms with Gasteiger partial charge in [0.2, 0.25) is 0 Å². The summed E-state index contributed by atoms with van der Waals surface area (Å²) in [4.78, 5) is 25.2. The molecule has 0 heterocycles. The normalized spacial score (nSPS) is 10.9. The van der Waals surface area contributed by atoms with Gasteiger partial charge in [-0.25, -0.2) is 0 Å². The molecule has 0 atom stereocenters. The molecule has 3 rings (SSSR count).